The van der Waals surface area contributed by atoms with E-state index in [0.717, 1.165) is 31.5 Å². The van der Waals surface area contributed by atoms with Gasteiger partial charge in [-0.05, 0) is 66.8 Å². The molecule has 0 aromatic heterocycles. The van der Waals surface area contributed by atoms with Crippen LogP contribution in [0.3, 0.4) is 0 Å². The second-order valence-corrected chi connectivity index (χ2v) is 6.03. The molecule has 0 N–H and O–H groups in total. The molecule has 122 valence electrons. The molecular weight excluding hydrogens is 306 g/mol. The Kier molecular flexibility index (Phi) is 4.61. The zero-order valence-corrected chi connectivity index (χ0v) is 13.5. The molecule has 1 saturated heterocycles. The molecule has 0 bridgehead atoms. The summed E-state index contributed by atoms with van der Waals surface area (Å²) in [6.45, 7) is 3.67. The van der Waals surface area contributed by atoms with E-state index in [1.54, 1.807) is 18.2 Å². The van der Waals surface area contributed by atoms with Crippen LogP contribution in [0.2, 0.25) is 0 Å². The van der Waals surface area contributed by atoms with E-state index in [-0.39, 0.29) is 11.6 Å². The third-order valence-electron chi connectivity index (χ3n) is 4.36. The second kappa shape index (κ2) is 6.84. The minimum atomic E-state index is -0.353. The third kappa shape index (κ3) is 3.30. The Balaban J connectivity index is 1.97. The molecule has 1 heterocycles. The average Bonchev–Trinajstić information content (AvgIpc) is 3.10. The highest BCUT2D eigenvalue weighted by Crippen LogP contribution is 2.29. The van der Waals surface area contributed by atoms with E-state index in [0.29, 0.717) is 22.4 Å². The van der Waals surface area contributed by atoms with Gasteiger partial charge in [-0.25, -0.2) is 8.78 Å². The van der Waals surface area contributed by atoms with Gasteiger partial charge in [0, 0.05) is 13.1 Å². The van der Waals surface area contributed by atoms with Gasteiger partial charge in [-0.2, -0.15) is 5.26 Å². The lowest BCUT2D eigenvalue weighted by molar-refractivity contribution is 0.622. The van der Waals surface area contributed by atoms with Gasteiger partial charge in [0.25, 0.3) is 0 Å². The number of aryl methyl sites for hydroxylation is 1. The largest absolute Gasteiger partial charge is 0.369 e. The van der Waals surface area contributed by atoms with Crippen LogP contribution in [0.1, 0.15) is 29.5 Å². The standard InChI is InChI=1S/C20H18F2N2/c1-14-10-20(24-8-2-3-9-24)19(22)12-16(14)11-17(13-23)15-4-6-18(21)7-5-15/h4-7,10-12H,2-3,8-9H2,1H3/b17-11-. The first-order valence-electron chi connectivity index (χ1n) is 8.01. The summed E-state index contributed by atoms with van der Waals surface area (Å²) in [5, 5.41) is 9.38. The first kappa shape index (κ1) is 16.2. The number of hydrogen-bond acceptors (Lipinski definition) is 2. The molecule has 1 aliphatic heterocycles. The van der Waals surface area contributed by atoms with Crippen molar-refractivity contribution >= 4 is 17.3 Å². The molecule has 0 radical (unpaired) electrons. The summed E-state index contributed by atoms with van der Waals surface area (Å²) in [4.78, 5) is 2.06. The molecule has 2 aromatic rings. The Labute approximate surface area is 140 Å². The van der Waals surface area contributed by atoms with Crippen LogP contribution >= 0.6 is 0 Å². The molecule has 1 fully saturated rings. The van der Waals surface area contributed by atoms with Gasteiger partial charge >= 0.3 is 0 Å². The Morgan fingerprint density at radius 1 is 1.12 bits per heavy atom. The van der Waals surface area contributed by atoms with Gasteiger partial charge in [0.1, 0.15) is 11.6 Å². The number of hydrogen-bond donors (Lipinski definition) is 0. The maximum atomic E-state index is 14.5. The molecule has 4 heteroatoms. The van der Waals surface area contributed by atoms with E-state index in [2.05, 4.69) is 11.0 Å². The molecule has 2 aromatic carbocycles. The van der Waals surface area contributed by atoms with Crippen LogP contribution in [0.5, 0.6) is 0 Å². The summed E-state index contributed by atoms with van der Waals surface area (Å²) >= 11 is 0. The number of rotatable bonds is 3. The van der Waals surface area contributed by atoms with Crippen LogP contribution in [0.4, 0.5) is 14.5 Å². The van der Waals surface area contributed by atoms with E-state index < -0.39 is 0 Å². The van der Waals surface area contributed by atoms with Crippen LogP contribution in [0, 0.1) is 29.9 Å². The molecule has 0 atom stereocenters. The fraction of sp³-hybridized carbons (Fsp3) is 0.250. The zero-order chi connectivity index (χ0) is 17.1. The fourth-order valence-electron chi connectivity index (χ4n) is 3.00. The van der Waals surface area contributed by atoms with E-state index in [4.69, 9.17) is 0 Å². The molecule has 0 aliphatic carbocycles. The molecule has 2 nitrogen and oxygen atoms in total. The molecule has 0 spiro atoms. The van der Waals surface area contributed by atoms with Gasteiger partial charge in [-0.1, -0.05) is 12.1 Å². The van der Waals surface area contributed by atoms with E-state index in [9.17, 15) is 14.0 Å². The van der Waals surface area contributed by atoms with Crippen molar-refractivity contribution < 1.29 is 8.78 Å². The number of halogens is 2. The summed E-state index contributed by atoms with van der Waals surface area (Å²) < 4.78 is 27.5. The molecule has 0 unspecified atom stereocenters. The topological polar surface area (TPSA) is 27.0 Å². The van der Waals surface area contributed by atoms with Crippen LogP contribution in [-0.2, 0) is 0 Å². The maximum absolute atomic E-state index is 14.5. The number of anilines is 1. The predicted octanol–water partition coefficient (Wildman–Crippen LogP) is 4.94. The van der Waals surface area contributed by atoms with Crippen molar-refractivity contribution in [1.29, 1.82) is 5.26 Å². The van der Waals surface area contributed by atoms with Gasteiger partial charge in [0.15, 0.2) is 0 Å². The highest BCUT2D eigenvalue weighted by Gasteiger charge is 2.17. The van der Waals surface area contributed by atoms with Gasteiger partial charge in [-0.15, -0.1) is 0 Å². The van der Waals surface area contributed by atoms with Gasteiger partial charge in [0.05, 0.1) is 17.3 Å². The zero-order valence-electron chi connectivity index (χ0n) is 13.5. The number of nitrogens with zero attached hydrogens (tertiary/aromatic N) is 2. The van der Waals surface area contributed by atoms with Crippen molar-refractivity contribution in [2.75, 3.05) is 18.0 Å². The summed E-state index contributed by atoms with van der Waals surface area (Å²) in [5.74, 6) is -0.627. The molecule has 0 saturated carbocycles. The fourth-order valence-corrected chi connectivity index (χ4v) is 3.00. The predicted molar refractivity (Wildman–Crippen MR) is 92.5 cm³/mol. The Hall–Kier alpha value is -2.67. The normalized spacial score (nSPS) is 14.8. The van der Waals surface area contributed by atoms with Crippen molar-refractivity contribution in [1.82, 2.24) is 0 Å². The highest BCUT2D eigenvalue weighted by molar-refractivity contribution is 5.90. The summed E-state index contributed by atoms with van der Waals surface area (Å²) in [6, 6.07) is 11.1. The SMILES string of the molecule is Cc1cc(N2CCCC2)c(F)cc1/C=C(/C#N)c1ccc(F)cc1. The Morgan fingerprint density at radius 3 is 2.42 bits per heavy atom. The van der Waals surface area contributed by atoms with Gasteiger partial charge < -0.3 is 4.90 Å². The van der Waals surface area contributed by atoms with Crippen molar-refractivity contribution in [3.8, 4) is 6.07 Å². The summed E-state index contributed by atoms with van der Waals surface area (Å²) in [5.41, 5.74) is 3.20. The van der Waals surface area contributed by atoms with Gasteiger partial charge in [0.2, 0.25) is 0 Å². The first-order valence-corrected chi connectivity index (χ1v) is 8.01. The van der Waals surface area contributed by atoms with Crippen LogP contribution in [0.25, 0.3) is 11.6 Å². The van der Waals surface area contributed by atoms with E-state index in [1.807, 2.05) is 13.0 Å². The van der Waals surface area contributed by atoms with E-state index >= 15 is 0 Å². The van der Waals surface area contributed by atoms with Crippen LogP contribution in [0.15, 0.2) is 36.4 Å². The third-order valence-corrected chi connectivity index (χ3v) is 4.36. The molecule has 24 heavy (non-hydrogen) atoms. The monoisotopic (exact) mass is 324 g/mol. The Morgan fingerprint density at radius 2 is 1.79 bits per heavy atom. The van der Waals surface area contributed by atoms with Crippen molar-refractivity contribution in [2.45, 2.75) is 19.8 Å². The summed E-state index contributed by atoms with van der Waals surface area (Å²) in [6.07, 6.45) is 3.83. The smallest absolute Gasteiger partial charge is 0.147 e. The number of allylic oxidation sites excluding steroid dienone is 1. The number of nitriles is 1. The lowest BCUT2D eigenvalue weighted by Crippen LogP contribution is -2.19. The molecular formula is C20H18F2N2. The lowest BCUT2D eigenvalue weighted by Gasteiger charge is -2.19. The molecule has 3 rings (SSSR count). The summed E-state index contributed by atoms with van der Waals surface area (Å²) in [7, 11) is 0. The van der Waals surface area contributed by atoms with Crippen molar-refractivity contribution in [3.05, 3.63) is 64.7 Å². The van der Waals surface area contributed by atoms with Crippen LogP contribution < -0.4 is 4.90 Å². The van der Waals surface area contributed by atoms with Gasteiger partial charge in [-0.3, -0.25) is 0 Å². The van der Waals surface area contributed by atoms with Crippen molar-refractivity contribution in [2.24, 2.45) is 0 Å². The lowest BCUT2D eigenvalue weighted by atomic mass is 10.0. The highest BCUT2D eigenvalue weighted by atomic mass is 19.1. The first-order chi connectivity index (χ1) is 11.6. The van der Waals surface area contributed by atoms with Crippen LogP contribution in [-0.4, -0.2) is 13.1 Å². The minimum Gasteiger partial charge on any atom is -0.369 e. The quantitative estimate of drug-likeness (QED) is 0.591. The van der Waals surface area contributed by atoms with E-state index in [1.165, 1.54) is 18.2 Å². The second-order valence-electron chi connectivity index (χ2n) is 6.03. The molecule has 1 aliphatic rings. The molecule has 0 amide bonds. The maximum Gasteiger partial charge on any atom is 0.147 e. The number of benzene rings is 2. The van der Waals surface area contributed by atoms with Crippen molar-refractivity contribution in [3.63, 3.8) is 0 Å². The minimum absolute atomic E-state index is 0.273. The Bertz CT molecular complexity index is 811. The average molecular weight is 324 g/mol.